The predicted octanol–water partition coefficient (Wildman–Crippen LogP) is 6.71. The second-order valence-corrected chi connectivity index (χ2v) is 17.7. The van der Waals surface area contributed by atoms with Crippen LogP contribution >= 0.6 is 11.6 Å². The normalized spacial score (nSPS) is 22.6. The number of aromatic nitrogens is 3. The Balaban J connectivity index is 0.816. The van der Waals surface area contributed by atoms with Crippen LogP contribution in [0.5, 0.6) is 5.75 Å². The quantitative estimate of drug-likeness (QED) is 0.188. The van der Waals surface area contributed by atoms with E-state index in [9.17, 15) is 14.4 Å². The van der Waals surface area contributed by atoms with Crippen molar-refractivity contribution in [1.82, 2.24) is 30.3 Å². The Hall–Kier alpha value is -5.26. The monoisotopic (exact) mass is 809 g/mol. The number of nitrogens with one attached hydrogen (secondary N) is 2. The standard InChI is InChI=1S/C43H49ClFN9O4/c1-42(2)39(43(3,4)40(42)58-29-21-31(44)33(22-46)47-23-29)50-38(56)27-8-9-36(32(45)20-27)52-17-10-26(11-18-52)25-51-15-12-28(13-16-51)54-35-7-5-6-34(30(35)24-48-54)53-19-14-37(55)49-41(53)57/h5-9,20-21,23-24,26,28,39-40H,10-19,25H2,1-4H3,(H,50,56)(H,49,55,57). The zero-order valence-corrected chi connectivity index (χ0v) is 34.1. The van der Waals surface area contributed by atoms with Crippen LogP contribution in [0.15, 0.2) is 54.9 Å². The Labute approximate surface area is 342 Å². The lowest BCUT2D eigenvalue weighted by molar-refractivity contribution is -0.164. The summed E-state index contributed by atoms with van der Waals surface area (Å²) in [6, 6.07) is 13.8. The number of rotatable bonds is 9. The van der Waals surface area contributed by atoms with Gasteiger partial charge in [0.05, 0.1) is 40.3 Å². The van der Waals surface area contributed by atoms with Crippen LogP contribution < -0.4 is 25.2 Å². The van der Waals surface area contributed by atoms with E-state index in [-0.39, 0.29) is 52.7 Å². The summed E-state index contributed by atoms with van der Waals surface area (Å²) in [6.07, 6.45) is 7.17. The number of piperidine rings is 2. The second-order valence-electron chi connectivity index (χ2n) is 17.3. The minimum absolute atomic E-state index is 0.129. The van der Waals surface area contributed by atoms with E-state index in [4.69, 9.17) is 26.7 Å². The van der Waals surface area contributed by atoms with Crippen molar-refractivity contribution in [2.24, 2.45) is 16.7 Å². The third-order valence-corrected chi connectivity index (χ3v) is 13.1. The average Bonchev–Trinajstić information content (AvgIpc) is 3.64. The van der Waals surface area contributed by atoms with Crippen molar-refractivity contribution in [3.05, 3.63) is 77.0 Å². The lowest BCUT2D eigenvalue weighted by Crippen LogP contribution is -2.74. The molecule has 5 heterocycles. The van der Waals surface area contributed by atoms with Gasteiger partial charge in [-0.05, 0) is 61.9 Å². The number of urea groups is 1. The van der Waals surface area contributed by atoms with E-state index in [2.05, 4.69) is 30.1 Å². The molecule has 4 amide bonds. The highest BCUT2D eigenvalue weighted by atomic mass is 35.5. The average molecular weight is 810 g/mol. The molecule has 4 aliphatic rings. The van der Waals surface area contributed by atoms with Crippen LogP contribution in [0, 0.1) is 33.9 Å². The third-order valence-electron chi connectivity index (χ3n) is 12.8. The van der Waals surface area contributed by atoms with Gasteiger partial charge in [0.2, 0.25) is 5.91 Å². The van der Waals surface area contributed by atoms with E-state index in [0.717, 1.165) is 75.0 Å². The summed E-state index contributed by atoms with van der Waals surface area (Å²) in [5.41, 5.74) is 1.76. The summed E-state index contributed by atoms with van der Waals surface area (Å²) in [5, 5.41) is 20.6. The zero-order chi connectivity index (χ0) is 40.9. The minimum atomic E-state index is -0.461. The van der Waals surface area contributed by atoms with Crippen LogP contribution in [0.25, 0.3) is 10.9 Å². The van der Waals surface area contributed by atoms with E-state index >= 15 is 4.39 Å². The first-order chi connectivity index (χ1) is 27.7. The number of fused-ring (bicyclic) bond motifs is 1. The Morgan fingerprint density at radius 2 is 1.74 bits per heavy atom. The fraction of sp³-hybridized carbons (Fsp3) is 0.488. The Morgan fingerprint density at radius 1 is 1.00 bits per heavy atom. The summed E-state index contributed by atoms with van der Waals surface area (Å²) in [4.78, 5) is 48.0. The van der Waals surface area contributed by atoms with Crippen LogP contribution in [0.1, 0.15) is 81.9 Å². The molecule has 0 spiro atoms. The fourth-order valence-corrected chi connectivity index (χ4v) is 10.3. The Kier molecular flexibility index (Phi) is 10.6. The van der Waals surface area contributed by atoms with Crippen LogP contribution in [-0.4, -0.2) is 88.9 Å². The number of carbonyl (C=O) groups is 3. The summed E-state index contributed by atoms with van der Waals surface area (Å²) in [6.45, 7) is 12.9. The van der Waals surface area contributed by atoms with E-state index in [1.165, 1.54) is 12.3 Å². The third kappa shape index (κ3) is 7.34. The van der Waals surface area contributed by atoms with Crippen molar-refractivity contribution in [2.75, 3.05) is 49.1 Å². The molecule has 3 saturated heterocycles. The highest BCUT2D eigenvalue weighted by Gasteiger charge is 2.64. The minimum Gasteiger partial charge on any atom is -0.487 e. The molecule has 3 aliphatic heterocycles. The molecule has 0 radical (unpaired) electrons. The van der Waals surface area contributed by atoms with Gasteiger partial charge in [-0.25, -0.2) is 14.2 Å². The van der Waals surface area contributed by atoms with Crippen LogP contribution in [-0.2, 0) is 4.79 Å². The first-order valence-electron chi connectivity index (χ1n) is 20.1. The number of likely N-dealkylation sites (tertiary alicyclic amines) is 1. The van der Waals surface area contributed by atoms with E-state index in [1.807, 2.05) is 58.2 Å². The number of pyridine rings is 1. The van der Waals surface area contributed by atoms with Gasteiger partial charge in [0.1, 0.15) is 23.7 Å². The van der Waals surface area contributed by atoms with Gasteiger partial charge < -0.3 is 19.9 Å². The number of anilines is 2. The lowest BCUT2D eigenvalue weighted by Gasteiger charge is -2.63. The molecule has 2 N–H and O–H groups in total. The molecule has 58 heavy (non-hydrogen) atoms. The van der Waals surface area contributed by atoms with Crippen LogP contribution in [0.4, 0.5) is 20.6 Å². The molecule has 13 nitrogen and oxygen atoms in total. The smallest absolute Gasteiger partial charge is 0.328 e. The maximum absolute atomic E-state index is 15.7. The molecular formula is C43H49ClFN9O4. The molecule has 304 valence electrons. The molecule has 4 aromatic rings. The van der Waals surface area contributed by atoms with Gasteiger partial charge in [-0.1, -0.05) is 45.4 Å². The highest BCUT2D eigenvalue weighted by Crippen LogP contribution is 2.55. The van der Waals surface area contributed by atoms with Crippen LogP contribution in [0.2, 0.25) is 5.02 Å². The van der Waals surface area contributed by atoms with Crippen molar-refractivity contribution in [3.63, 3.8) is 0 Å². The van der Waals surface area contributed by atoms with E-state index < -0.39 is 22.7 Å². The van der Waals surface area contributed by atoms with Crippen molar-refractivity contribution >= 4 is 51.7 Å². The fourth-order valence-electron chi connectivity index (χ4n) is 10.1. The van der Waals surface area contributed by atoms with Gasteiger partial charge in [0, 0.05) is 79.6 Å². The Bertz CT molecular complexity index is 2270. The van der Waals surface area contributed by atoms with Gasteiger partial charge in [0.15, 0.2) is 5.69 Å². The summed E-state index contributed by atoms with van der Waals surface area (Å²) >= 11 is 6.18. The topological polar surface area (TPSA) is 149 Å². The van der Waals surface area contributed by atoms with Crippen molar-refractivity contribution in [1.29, 1.82) is 5.26 Å². The number of imide groups is 1. The van der Waals surface area contributed by atoms with Gasteiger partial charge in [-0.15, -0.1) is 0 Å². The number of nitriles is 1. The first kappa shape index (κ1) is 39.6. The van der Waals surface area contributed by atoms with Gasteiger partial charge >= 0.3 is 6.03 Å². The van der Waals surface area contributed by atoms with Crippen LogP contribution in [0.3, 0.4) is 0 Å². The maximum Gasteiger partial charge on any atom is 0.328 e. The van der Waals surface area contributed by atoms with Gasteiger partial charge in [-0.2, -0.15) is 10.4 Å². The molecule has 15 heteroatoms. The summed E-state index contributed by atoms with van der Waals surface area (Å²) in [7, 11) is 0. The van der Waals surface area contributed by atoms with Crippen molar-refractivity contribution in [3.8, 4) is 11.8 Å². The second kappa shape index (κ2) is 15.5. The summed E-state index contributed by atoms with van der Waals surface area (Å²) in [5.74, 6) is -0.0254. The van der Waals surface area contributed by atoms with Crippen molar-refractivity contribution in [2.45, 2.75) is 78.0 Å². The number of nitrogens with zero attached hydrogens (tertiary/aromatic N) is 7. The molecule has 2 aromatic carbocycles. The molecular weight excluding hydrogens is 761 g/mol. The molecule has 0 atom stereocenters. The van der Waals surface area contributed by atoms with E-state index in [1.54, 1.807) is 23.1 Å². The number of carbonyl (C=O) groups excluding carboxylic acids is 3. The van der Waals surface area contributed by atoms with Gasteiger partial charge in [-0.3, -0.25) is 24.5 Å². The number of hydrogen-bond acceptors (Lipinski definition) is 9. The molecule has 8 rings (SSSR count). The number of amides is 4. The zero-order valence-electron chi connectivity index (χ0n) is 33.3. The maximum atomic E-state index is 15.7. The molecule has 0 bridgehead atoms. The Morgan fingerprint density at radius 3 is 2.41 bits per heavy atom. The number of hydrogen-bond donors (Lipinski definition) is 2. The molecule has 2 aromatic heterocycles. The molecule has 4 fully saturated rings. The number of ether oxygens (including phenoxy) is 1. The van der Waals surface area contributed by atoms with Gasteiger partial charge in [0.25, 0.3) is 5.91 Å². The SMILES string of the molecule is CC1(C)C(NC(=O)c2ccc(N3CCC(CN4CCC(n5ncc6c(N7CCC(=O)NC7=O)cccc65)CC4)CC3)c(F)c2)C(C)(C)C1Oc1cnc(C#N)c(Cl)c1. The molecule has 1 aliphatic carbocycles. The number of benzene rings is 2. The van der Waals surface area contributed by atoms with E-state index in [0.29, 0.717) is 23.9 Å². The highest BCUT2D eigenvalue weighted by molar-refractivity contribution is 6.31. The number of halogens is 2. The first-order valence-corrected chi connectivity index (χ1v) is 20.5. The predicted molar refractivity (Wildman–Crippen MR) is 218 cm³/mol. The summed E-state index contributed by atoms with van der Waals surface area (Å²) < 4.78 is 24.1. The molecule has 1 saturated carbocycles. The van der Waals surface area contributed by atoms with Crippen molar-refractivity contribution < 1.29 is 23.5 Å². The largest absolute Gasteiger partial charge is 0.487 e. The molecule has 0 unspecified atom stereocenters. The lowest BCUT2D eigenvalue weighted by atomic mass is 9.49.